The molecule has 0 saturated carbocycles. The molecule has 0 radical (unpaired) electrons. The summed E-state index contributed by atoms with van der Waals surface area (Å²) in [5.74, 6) is 0.550. The van der Waals surface area contributed by atoms with Gasteiger partial charge in [-0.3, -0.25) is 0 Å². The van der Waals surface area contributed by atoms with Crippen LogP contribution >= 0.6 is 11.6 Å². The van der Waals surface area contributed by atoms with Crippen molar-refractivity contribution in [3.05, 3.63) is 28.8 Å². The molecule has 0 amide bonds. The molecule has 1 atom stereocenters. The van der Waals surface area contributed by atoms with Gasteiger partial charge in [-0.05, 0) is 36.5 Å². The molecule has 0 spiro atoms. The van der Waals surface area contributed by atoms with Crippen LogP contribution in [0.4, 0.5) is 5.69 Å². The zero-order valence-electron chi connectivity index (χ0n) is 7.96. The third-order valence-electron chi connectivity index (χ3n) is 2.70. The number of fused-ring (bicyclic) bond motifs is 1. The monoisotopic (exact) mass is 211 g/mol. The number of hydrogen-bond donors (Lipinski definition) is 2. The molecule has 0 bridgehead atoms. The molecule has 0 aromatic heterocycles. The Morgan fingerprint density at radius 3 is 3.14 bits per heavy atom. The molecule has 2 rings (SSSR count). The summed E-state index contributed by atoms with van der Waals surface area (Å²) in [5.41, 5.74) is 2.45. The second-order valence-electron chi connectivity index (χ2n) is 3.76. The molecule has 1 aromatic carbocycles. The average molecular weight is 212 g/mol. The molecule has 76 valence electrons. The molecule has 2 N–H and O–H groups in total. The van der Waals surface area contributed by atoms with Crippen molar-refractivity contribution in [3.63, 3.8) is 0 Å². The predicted molar refractivity (Wildman–Crippen MR) is 58.8 cm³/mol. The van der Waals surface area contributed by atoms with E-state index in [9.17, 15) is 0 Å². The molecule has 1 aliphatic heterocycles. The van der Waals surface area contributed by atoms with E-state index in [1.807, 2.05) is 12.1 Å². The number of hydrogen-bond acceptors (Lipinski definition) is 2. The summed E-state index contributed by atoms with van der Waals surface area (Å²) in [4.78, 5) is 0. The van der Waals surface area contributed by atoms with Crippen molar-refractivity contribution in [3.8, 4) is 0 Å². The van der Waals surface area contributed by atoms with Crippen molar-refractivity contribution in [2.24, 2.45) is 5.92 Å². The van der Waals surface area contributed by atoms with Gasteiger partial charge in [0.15, 0.2) is 0 Å². The van der Waals surface area contributed by atoms with Crippen LogP contribution in [-0.2, 0) is 6.42 Å². The van der Waals surface area contributed by atoms with Gasteiger partial charge in [0, 0.05) is 23.9 Å². The first kappa shape index (κ1) is 9.81. The van der Waals surface area contributed by atoms with Crippen molar-refractivity contribution >= 4 is 17.3 Å². The van der Waals surface area contributed by atoms with Crippen LogP contribution in [-0.4, -0.2) is 18.3 Å². The van der Waals surface area contributed by atoms with E-state index in [0.717, 1.165) is 30.1 Å². The van der Waals surface area contributed by atoms with Crippen molar-refractivity contribution in [1.82, 2.24) is 0 Å². The molecule has 2 nitrogen and oxygen atoms in total. The van der Waals surface area contributed by atoms with Gasteiger partial charge in [0.1, 0.15) is 0 Å². The summed E-state index contributed by atoms with van der Waals surface area (Å²) in [6, 6.07) is 5.95. The molecule has 0 fully saturated rings. The number of aliphatic hydroxyl groups excluding tert-OH is 1. The van der Waals surface area contributed by atoms with E-state index in [4.69, 9.17) is 16.7 Å². The fourth-order valence-electron chi connectivity index (χ4n) is 1.92. The van der Waals surface area contributed by atoms with Crippen molar-refractivity contribution in [2.75, 3.05) is 18.5 Å². The third-order valence-corrected chi connectivity index (χ3v) is 2.93. The van der Waals surface area contributed by atoms with Gasteiger partial charge in [0.25, 0.3) is 0 Å². The normalized spacial score (nSPS) is 20.0. The highest BCUT2D eigenvalue weighted by molar-refractivity contribution is 6.30. The Balaban J connectivity index is 2.15. The lowest BCUT2D eigenvalue weighted by Gasteiger charge is -2.25. The molecule has 0 aliphatic carbocycles. The average Bonchev–Trinajstić information content (AvgIpc) is 2.19. The number of nitrogens with one attached hydrogen (secondary N) is 1. The van der Waals surface area contributed by atoms with Crippen LogP contribution in [0.3, 0.4) is 0 Å². The highest BCUT2D eigenvalue weighted by atomic mass is 35.5. The lowest BCUT2D eigenvalue weighted by molar-refractivity contribution is 0.258. The minimum absolute atomic E-state index is 0.273. The van der Waals surface area contributed by atoms with E-state index < -0.39 is 0 Å². The molecule has 1 unspecified atom stereocenters. The first-order chi connectivity index (χ1) is 6.79. The number of benzene rings is 1. The molecule has 14 heavy (non-hydrogen) atoms. The van der Waals surface area contributed by atoms with Crippen molar-refractivity contribution < 1.29 is 5.11 Å². The Morgan fingerprint density at radius 1 is 1.50 bits per heavy atom. The van der Waals surface area contributed by atoms with E-state index in [1.165, 1.54) is 5.56 Å². The van der Waals surface area contributed by atoms with Gasteiger partial charge in [0.05, 0.1) is 0 Å². The first-order valence-corrected chi connectivity index (χ1v) is 5.30. The maximum absolute atomic E-state index is 8.86. The highest BCUT2D eigenvalue weighted by Crippen LogP contribution is 2.28. The topological polar surface area (TPSA) is 32.3 Å². The lowest BCUT2D eigenvalue weighted by atomic mass is 9.92. The summed E-state index contributed by atoms with van der Waals surface area (Å²) in [6.07, 6.45) is 1.91. The smallest absolute Gasteiger partial charge is 0.0434 e. The third kappa shape index (κ3) is 2.02. The van der Waals surface area contributed by atoms with Crippen LogP contribution in [0.1, 0.15) is 12.0 Å². The van der Waals surface area contributed by atoms with Crippen molar-refractivity contribution in [2.45, 2.75) is 12.8 Å². The number of halogens is 1. The zero-order valence-corrected chi connectivity index (χ0v) is 8.72. The van der Waals surface area contributed by atoms with Crippen LogP contribution in [0, 0.1) is 5.92 Å². The molecular weight excluding hydrogens is 198 g/mol. The molecule has 0 saturated heterocycles. The van der Waals surface area contributed by atoms with Gasteiger partial charge in [-0.25, -0.2) is 0 Å². The standard InChI is InChI=1S/C11H14ClNO/c12-10-2-1-9-5-8(3-4-14)7-13-11(9)6-10/h1-2,6,8,13-14H,3-5,7H2. The Kier molecular flexibility index (Phi) is 2.94. The number of anilines is 1. The first-order valence-electron chi connectivity index (χ1n) is 4.93. The molecule has 1 heterocycles. The molecular formula is C11H14ClNO. The molecule has 3 heteroatoms. The van der Waals surface area contributed by atoms with Gasteiger partial charge < -0.3 is 10.4 Å². The van der Waals surface area contributed by atoms with Crippen LogP contribution < -0.4 is 5.32 Å². The van der Waals surface area contributed by atoms with E-state index in [2.05, 4.69) is 11.4 Å². The maximum Gasteiger partial charge on any atom is 0.0434 e. The van der Waals surface area contributed by atoms with E-state index in [-0.39, 0.29) is 6.61 Å². The van der Waals surface area contributed by atoms with Crippen LogP contribution in [0.5, 0.6) is 0 Å². The van der Waals surface area contributed by atoms with E-state index in [0.29, 0.717) is 5.92 Å². The van der Waals surface area contributed by atoms with E-state index >= 15 is 0 Å². The zero-order chi connectivity index (χ0) is 9.97. The maximum atomic E-state index is 8.86. The Bertz CT molecular complexity index is 327. The van der Waals surface area contributed by atoms with Crippen LogP contribution in [0.15, 0.2) is 18.2 Å². The largest absolute Gasteiger partial charge is 0.396 e. The summed E-state index contributed by atoms with van der Waals surface area (Å²) in [7, 11) is 0. The summed E-state index contributed by atoms with van der Waals surface area (Å²) < 4.78 is 0. The fraction of sp³-hybridized carbons (Fsp3) is 0.455. The number of aliphatic hydroxyl groups is 1. The fourth-order valence-corrected chi connectivity index (χ4v) is 2.09. The summed E-state index contributed by atoms with van der Waals surface area (Å²) in [6.45, 7) is 1.21. The van der Waals surface area contributed by atoms with Gasteiger partial charge in [-0.1, -0.05) is 17.7 Å². The minimum atomic E-state index is 0.273. The van der Waals surface area contributed by atoms with Gasteiger partial charge >= 0.3 is 0 Å². The van der Waals surface area contributed by atoms with Crippen LogP contribution in [0.25, 0.3) is 0 Å². The second-order valence-corrected chi connectivity index (χ2v) is 4.20. The highest BCUT2D eigenvalue weighted by Gasteiger charge is 2.17. The van der Waals surface area contributed by atoms with Crippen molar-refractivity contribution in [1.29, 1.82) is 0 Å². The SMILES string of the molecule is OCCC1CNc2cc(Cl)ccc2C1. The second kappa shape index (κ2) is 4.20. The van der Waals surface area contributed by atoms with Gasteiger partial charge in [-0.2, -0.15) is 0 Å². The quantitative estimate of drug-likeness (QED) is 0.787. The number of rotatable bonds is 2. The summed E-state index contributed by atoms with van der Waals surface area (Å²) >= 11 is 5.89. The molecule has 1 aromatic rings. The summed E-state index contributed by atoms with van der Waals surface area (Å²) in [5, 5.41) is 13.0. The predicted octanol–water partition coefficient (Wildman–Crippen LogP) is 2.31. The minimum Gasteiger partial charge on any atom is -0.396 e. The Morgan fingerprint density at radius 2 is 2.36 bits per heavy atom. The van der Waals surface area contributed by atoms with E-state index in [1.54, 1.807) is 0 Å². The lowest BCUT2D eigenvalue weighted by Crippen LogP contribution is -2.23. The van der Waals surface area contributed by atoms with Crippen LogP contribution in [0.2, 0.25) is 5.02 Å². The van der Waals surface area contributed by atoms with Gasteiger partial charge in [0.2, 0.25) is 0 Å². The van der Waals surface area contributed by atoms with Gasteiger partial charge in [-0.15, -0.1) is 0 Å². The Labute approximate surface area is 88.9 Å². The Hall–Kier alpha value is -0.730. The molecule has 1 aliphatic rings.